The zero-order valence-electron chi connectivity index (χ0n) is 10.8. The van der Waals surface area contributed by atoms with Crippen LogP contribution in [0.1, 0.15) is 20.7 Å². The Kier molecular flexibility index (Phi) is 6.53. The van der Waals surface area contributed by atoms with Gasteiger partial charge < -0.3 is 9.84 Å². The van der Waals surface area contributed by atoms with Gasteiger partial charge >= 0.3 is 6.61 Å². The van der Waals surface area contributed by atoms with E-state index in [0.29, 0.717) is 23.7 Å². The molecule has 0 saturated carbocycles. The maximum atomic E-state index is 11.6. The average molecular weight is 294 g/mol. The van der Waals surface area contributed by atoms with Crippen molar-refractivity contribution in [3.63, 3.8) is 0 Å². The lowest BCUT2D eigenvalue weighted by Crippen LogP contribution is -2.01. The molecule has 0 aliphatic rings. The van der Waals surface area contributed by atoms with Crippen molar-refractivity contribution in [2.75, 3.05) is 0 Å². The number of aromatic hydroxyl groups is 1. The van der Waals surface area contributed by atoms with Crippen LogP contribution in [-0.4, -0.2) is 24.3 Å². The molecule has 0 atom stereocenters. The Hall–Kier alpha value is -2.76. The van der Waals surface area contributed by atoms with Gasteiger partial charge in [0, 0.05) is 11.1 Å². The first-order valence-electron chi connectivity index (χ1n) is 5.79. The number of phenolic OH excluding ortho intramolecular Hbond substituents is 1. The fourth-order valence-corrected chi connectivity index (χ4v) is 1.36. The highest BCUT2D eigenvalue weighted by Gasteiger charge is 2.03. The zero-order chi connectivity index (χ0) is 15.7. The molecule has 0 heterocycles. The predicted octanol–water partition coefficient (Wildman–Crippen LogP) is 3.31. The Bertz CT molecular complexity index is 600. The number of alkyl halides is 2. The molecule has 4 nitrogen and oxygen atoms in total. The van der Waals surface area contributed by atoms with Crippen molar-refractivity contribution in [1.82, 2.24) is 0 Å². The van der Waals surface area contributed by atoms with Crippen LogP contribution >= 0.6 is 0 Å². The quantitative estimate of drug-likeness (QED) is 0.879. The Labute approximate surface area is 119 Å². The van der Waals surface area contributed by atoms with Crippen molar-refractivity contribution in [3.05, 3.63) is 59.7 Å². The first-order valence-corrected chi connectivity index (χ1v) is 5.79. The van der Waals surface area contributed by atoms with Crippen LogP contribution in [0.5, 0.6) is 11.5 Å². The van der Waals surface area contributed by atoms with Gasteiger partial charge in [0.2, 0.25) is 0 Å². The number of ether oxygens (including phenoxy) is 1. The van der Waals surface area contributed by atoms with Crippen molar-refractivity contribution in [3.8, 4) is 11.5 Å². The molecule has 0 bridgehead atoms. The van der Waals surface area contributed by atoms with Gasteiger partial charge in [0.25, 0.3) is 0 Å². The summed E-state index contributed by atoms with van der Waals surface area (Å²) < 4.78 is 27.4. The molecule has 2 aromatic rings. The summed E-state index contributed by atoms with van der Waals surface area (Å²) in [5, 5.41) is 8.79. The molecule has 1 N–H and O–H groups in total. The van der Waals surface area contributed by atoms with Crippen LogP contribution in [-0.2, 0) is 0 Å². The van der Waals surface area contributed by atoms with E-state index >= 15 is 0 Å². The summed E-state index contributed by atoms with van der Waals surface area (Å²) in [5.74, 6) is 0.120. The molecule has 0 saturated heterocycles. The number of carbonyl (C=O) groups excluding carboxylic acids is 2. The zero-order valence-corrected chi connectivity index (χ0v) is 10.8. The minimum absolute atomic E-state index is 0.00500. The second-order valence-corrected chi connectivity index (χ2v) is 3.78. The van der Waals surface area contributed by atoms with E-state index in [4.69, 9.17) is 5.11 Å². The lowest BCUT2D eigenvalue weighted by atomic mass is 10.2. The number of carbonyl (C=O) groups is 2. The van der Waals surface area contributed by atoms with E-state index in [9.17, 15) is 18.4 Å². The molecule has 0 aliphatic heterocycles. The van der Waals surface area contributed by atoms with E-state index in [2.05, 4.69) is 4.74 Å². The number of aldehydes is 2. The minimum Gasteiger partial charge on any atom is -0.508 e. The molecule has 0 radical (unpaired) electrons. The molecule has 0 aliphatic carbocycles. The molecule has 2 rings (SSSR count). The summed E-state index contributed by atoms with van der Waals surface area (Å²) in [5.41, 5.74) is 0.808. The van der Waals surface area contributed by atoms with Crippen LogP contribution < -0.4 is 4.74 Å². The summed E-state index contributed by atoms with van der Waals surface area (Å²) in [6, 6.07) is 11.8. The molecule has 110 valence electrons. The van der Waals surface area contributed by atoms with E-state index in [1.54, 1.807) is 12.1 Å². The van der Waals surface area contributed by atoms with Gasteiger partial charge in [-0.15, -0.1) is 0 Å². The molecule has 6 heteroatoms. The topological polar surface area (TPSA) is 63.6 Å². The van der Waals surface area contributed by atoms with Gasteiger partial charge in [-0.05, 0) is 24.3 Å². The average Bonchev–Trinajstić information content (AvgIpc) is 2.47. The standard InChI is InChI=1S/C8H6F2O2.C7H6O2/c9-8(10)12-7-3-1-2-6(4-7)5-11;8-5-6-2-1-3-7(9)4-6/h1-5,8H;1-5,9H. The smallest absolute Gasteiger partial charge is 0.387 e. The summed E-state index contributed by atoms with van der Waals surface area (Å²) in [6.45, 7) is -2.85. The molecular weight excluding hydrogens is 282 g/mol. The fourth-order valence-electron chi connectivity index (χ4n) is 1.36. The lowest BCUT2D eigenvalue weighted by molar-refractivity contribution is -0.0498. The second-order valence-electron chi connectivity index (χ2n) is 3.78. The SMILES string of the molecule is O=Cc1cccc(O)c1.O=Cc1cccc(OC(F)F)c1. The third-order valence-corrected chi connectivity index (χ3v) is 2.23. The summed E-state index contributed by atoms with van der Waals surface area (Å²) in [7, 11) is 0. The van der Waals surface area contributed by atoms with E-state index < -0.39 is 6.61 Å². The molecule has 2 aromatic carbocycles. The molecule has 0 amide bonds. The lowest BCUT2D eigenvalue weighted by Gasteiger charge is -2.03. The number of halogens is 2. The molecule has 21 heavy (non-hydrogen) atoms. The predicted molar refractivity (Wildman–Crippen MR) is 72.0 cm³/mol. The van der Waals surface area contributed by atoms with Crippen molar-refractivity contribution in [2.45, 2.75) is 6.61 Å². The Morgan fingerprint density at radius 1 is 0.952 bits per heavy atom. The van der Waals surface area contributed by atoms with Crippen LogP contribution in [0.4, 0.5) is 8.78 Å². The maximum absolute atomic E-state index is 11.6. The highest BCUT2D eigenvalue weighted by atomic mass is 19.3. The maximum Gasteiger partial charge on any atom is 0.387 e. The van der Waals surface area contributed by atoms with Crippen molar-refractivity contribution in [1.29, 1.82) is 0 Å². The van der Waals surface area contributed by atoms with Crippen molar-refractivity contribution < 1.29 is 28.2 Å². The molecular formula is C15H12F2O4. The Morgan fingerprint density at radius 2 is 1.52 bits per heavy atom. The number of benzene rings is 2. The van der Waals surface area contributed by atoms with E-state index in [-0.39, 0.29) is 11.5 Å². The first-order chi connectivity index (χ1) is 10.0. The van der Waals surface area contributed by atoms with Gasteiger partial charge in [-0.3, -0.25) is 9.59 Å². The summed E-state index contributed by atoms with van der Waals surface area (Å²) >= 11 is 0. The number of phenols is 1. The van der Waals surface area contributed by atoms with Crippen molar-refractivity contribution >= 4 is 12.6 Å². The van der Waals surface area contributed by atoms with Gasteiger partial charge in [-0.2, -0.15) is 8.78 Å². The van der Waals surface area contributed by atoms with Crippen LogP contribution in [0, 0.1) is 0 Å². The van der Waals surface area contributed by atoms with Gasteiger partial charge in [-0.25, -0.2) is 0 Å². The number of hydrogen-bond donors (Lipinski definition) is 1. The Morgan fingerprint density at radius 3 is 2.00 bits per heavy atom. The highest BCUT2D eigenvalue weighted by Crippen LogP contribution is 2.14. The minimum atomic E-state index is -2.85. The van der Waals surface area contributed by atoms with Crippen LogP contribution in [0.15, 0.2) is 48.5 Å². The third-order valence-electron chi connectivity index (χ3n) is 2.23. The monoisotopic (exact) mass is 294 g/mol. The number of rotatable bonds is 4. The molecule has 0 aromatic heterocycles. The summed E-state index contributed by atoms with van der Waals surface area (Å²) in [6.07, 6.45) is 1.26. The van der Waals surface area contributed by atoms with Crippen LogP contribution in [0.2, 0.25) is 0 Å². The number of hydrogen-bond acceptors (Lipinski definition) is 4. The summed E-state index contributed by atoms with van der Waals surface area (Å²) in [4.78, 5) is 20.2. The molecule has 0 unspecified atom stereocenters. The van der Waals surface area contributed by atoms with E-state index in [1.165, 1.54) is 36.4 Å². The second kappa shape index (κ2) is 8.42. The van der Waals surface area contributed by atoms with Crippen LogP contribution in [0.3, 0.4) is 0 Å². The highest BCUT2D eigenvalue weighted by molar-refractivity contribution is 5.75. The third kappa shape index (κ3) is 6.29. The van der Waals surface area contributed by atoms with Crippen LogP contribution in [0.25, 0.3) is 0 Å². The van der Waals surface area contributed by atoms with E-state index in [1.807, 2.05) is 0 Å². The van der Waals surface area contributed by atoms with Gasteiger partial charge in [-0.1, -0.05) is 24.3 Å². The normalized spacial score (nSPS) is 9.48. The van der Waals surface area contributed by atoms with Gasteiger partial charge in [0.15, 0.2) is 0 Å². The van der Waals surface area contributed by atoms with Crippen molar-refractivity contribution in [2.24, 2.45) is 0 Å². The fraction of sp³-hybridized carbons (Fsp3) is 0.0667. The van der Waals surface area contributed by atoms with E-state index in [0.717, 1.165) is 0 Å². The Balaban J connectivity index is 0.000000219. The largest absolute Gasteiger partial charge is 0.508 e. The molecule has 0 fully saturated rings. The van der Waals surface area contributed by atoms with Gasteiger partial charge in [0.1, 0.15) is 24.1 Å². The first kappa shape index (κ1) is 16.3. The van der Waals surface area contributed by atoms with Gasteiger partial charge in [0.05, 0.1) is 0 Å². The molecule has 0 spiro atoms.